The highest BCUT2D eigenvalue weighted by Crippen LogP contribution is 2.32. The quantitative estimate of drug-likeness (QED) is 0.221. The smallest absolute Gasteiger partial charge is 0.336 e. The van der Waals surface area contributed by atoms with E-state index in [2.05, 4.69) is 103 Å². The predicted octanol–water partition coefficient (Wildman–Crippen LogP) is 7.02. The van der Waals surface area contributed by atoms with Crippen molar-refractivity contribution in [2.75, 3.05) is 42.3 Å². The van der Waals surface area contributed by atoms with Crippen molar-refractivity contribution < 1.29 is 28.8 Å². The summed E-state index contributed by atoms with van der Waals surface area (Å²) in [5.74, 6) is -2.06. The molecule has 41 heavy (non-hydrogen) atoms. The van der Waals surface area contributed by atoms with Gasteiger partial charge in [0.1, 0.15) is 13.1 Å². The molecule has 0 unspecified atom stereocenters. The Bertz CT molecular complexity index is 1270. The Balaban J connectivity index is 0.000000230. The molecule has 0 aliphatic heterocycles. The van der Waals surface area contributed by atoms with E-state index in [0.29, 0.717) is 9.79 Å². The minimum atomic E-state index is -1.03. The summed E-state index contributed by atoms with van der Waals surface area (Å²) in [6, 6.07) is 34.2. The summed E-state index contributed by atoms with van der Waals surface area (Å²) < 4.78 is 1.98. The number of hydrogen-bond acceptors (Lipinski definition) is 3. The molecular formula is C34H42N2O4S+2. The fourth-order valence-corrected chi connectivity index (χ4v) is 4.91. The number of carboxylic acid groups (broad SMARTS) is 2. The van der Waals surface area contributed by atoms with Crippen LogP contribution in [0.3, 0.4) is 0 Å². The highest BCUT2D eigenvalue weighted by atomic mass is 32.2. The first kappa shape index (κ1) is 33.3. The lowest BCUT2D eigenvalue weighted by molar-refractivity contribution is -0.884. The number of carboxylic acids is 2. The van der Waals surface area contributed by atoms with Gasteiger partial charge in [0.05, 0.1) is 53.4 Å². The van der Waals surface area contributed by atoms with E-state index < -0.39 is 11.9 Å². The van der Waals surface area contributed by atoms with Crippen LogP contribution in [-0.2, 0) is 13.1 Å². The van der Waals surface area contributed by atoms with Gasteiger partial charge in [0.15, 0.2) is 0 Å². The fraction of sp³-hybridized carbons (Fsp3) is 0.235. The standard InChI is InChI=1S/C14H10O4S.2C10H16N/c15-13(16)9-5-1-3-7-11(9)19-12-8-4-2-6-10(12)14(17)18;2*1-11(2,3)9-10-7-5-4-6-8-10/h1-8H,(H,15,16)(H,17,18);2*4-8H,9H2,1-3H3/q;2*+1. The van der Waals surface area contributed by atoms with Crippen LogP contribution in [0.2, 0.25) is 0 Å². The Kier molecular flexibility index (Phi) is 12.8. The normalized spacial score (nSPS) is 10.9. The number of nitrogens with zero attached hydrogens (tertiary/aromatic N) is 2. The second kappa shape index (κ2) is 15.8. The van der Waals surface area contributed by atoms with Crippen LogP contribution < -0.4 is 0 Å². The molecule has 0 aliphatic carbocycles. The van der Waals surface area contributed by atoms with Crippen LogP contribution >= 0.6 is 11.8 Å². The second-order valence-electron chi connectivity index (χ2n) is 11.6. The third-order valence-corrected chi connectivity index (χ3v) is 6.61. The highest BCUT2D eigenvalue weighted by Gasteiger charge is 2.14. The second-order valence-corrected chi connectivity index (χ2v) is 12.7. The van der Waals surface area contributed by atoms with Crippen LogP contribution in [0.4, 0.5) is 0 Å². The molecule has 4 aromatic rings. The minimum Gasteiger partial charge on any atom is -0.478 e. The van der Waals surface area contributed by atoms with Crippen LogP contribution in [-0.4, -0.2) is 73.4 Å². The fourth-order valence-electron chi connectivity index (χ4n) is 3.85. The van der Waals surface area contributed by atoms with Gasteiger partial charge < -0.3 is 19.2 Å². The van der Waals surface area contributed by atoms with Gasteiger partial charge >= 0.3 is 11.9 Å². The van der Waals surface area contributed by atoms with Gasteiger partial charge in [-0.15, -0.1) is 0 Å². The summed E-state index contributed by atoms with van der Waals surface area (Å²) in [5, 5.41) is 18.2. The van der Waals surface area contributed by atoms with Crippen molar-refractivity contribution in [2.24, 2.45) is 0 Å². The maximum atomic E-state index is 11.1. The molecule has 4 aromatic carbocycles. The largest absolute Gasteiger partial charge is 0.478 e. The lowest BCUT2D eigenvalue weighted by atomic mass is 10.2. The molecule has 0 spiro atoms. The third-order valence-electron chi connectivity index (χ3n) is 5.45. The first-order valence-corrected chi connectivity index (χ1v) is 14.1. The molecule has 0 aromatic heterocycles. The minimum absolute atomic E-state index is 0.160. The molecule has 7 heteroatoms. The van der Waals surface area contributed by atoms with Crippen molar-refractivity contribution in [2.45, 2.75) is 22.9 Å². The third kappa shape index (κ3) is 13.3. The number of benzene rings is 4. The van der Waals surface area contributed by atoms with Crippen molar-refractivity contribution in [3.8, 4) is 0 Å². The molecular weight excluding hydrogens is 532 g/mol. The average Bonchev–Trinajstić information content (AvgIpc) is 2.89. The van der Waals surface area contributed by atoms with Crippen molar-refractivity contribution in [3.63, 3.8) is 0 Å². The molecule has 0 heterocycles. The van der Waals surface area contributed by atoms with E-state index in [1.165, 1.54) is 23.3 Å². The summed E-state index contributed by atoms with van der Waals surface area (Å²) in [7, 11) is 13.2. The van der Waals surface area contributed by atoms with Gasteiger partial charge in [0, 0.05) is 20.9 Å². The van der Waals surface area contributed by atoms with Crippen molar-refractivity contribution >= 4 is 23.7 Å². The van der Waals surface area contributed by atoms with Crippen molar-refractivity contribution in [1.29, 1.82) is 0 Å². The Morgan fingerprint density at radius 3 is 1.10 bits per heavy atom. The van der Waals surface area contributed by atoms with Crippen LogP contribution in [0.25, 0.3) is 0 Å². The summed E-state index contributed by atoms with van der Waals surface area (Å²) >= 11 is 1.14. The SMILES string of the molecule is C[N+](C)(C)Cc1ccccc1.C[N+](C)(C)Cc1ccccc1.O=C(O)c1ccccc1Sc1ccccc1C(=O)O. The molecule has 6 nitrogen and oxygen atoms in total. The maximum absolute atomic E-state index is 11.1. The van der Waals surface area contributed by atoms with E-state index >= 15 is 0 Å². The van der Waals surface area contributed by atoms with Crippen molar-refractivity contribution in [3.05, 3.63) is 131 Å². The van der Waals surface area contributed by atoms with Gasteiger partial charge in [0.2, 0.25) is 0 Å². The van der Waals surface area contributed by atoms with E-state index in [0.717, 1.165) is 33.8 Å². The first-order chi connectivity index (χ1) is 19.2. The van der Waals surface area contributed by atoms with Crippen LogP contribution in [0.15, 0.2) is 119 Å². The van der Waals surface area contributed by atoms with Gasteiger partial charge in [-0.3, -0.25) is 0 Å². The van der Waals surface area contributed by atoms with E-state index in [1.807, 2.05) is 0 Å². The molecule has 0 saturated carbocycles. The van der Waals surface area contributed by atoms with E-state index in [4.69, 9.17) is 10.2 Å². The zero-order valence-corrected chi connectivity index (χ0v) is 25.6. The first-order valence-electron chi connectivity index (χ1n) is 13.3. The number of quaternary nitrogens is 2. The summed E-state index contributed by atoms with van der Waals surface area (Å²) in [5.41, 5.74) is 3.13. The molecule has 0 radical (unpaired) electrons. The predicted molar refractivity (Wildman–Crippen MR) is 167 cm³/mol. The molecule has 0 amide bonds. The Hall–Kier alpha value is -3.91. The Morgan fingerprint density at radius 1 is 0.512 bits per heavy atom. The van der Waals surface area contributed by atoms with Crippen LogP contribution in [0, 0.1) is 0 Å². The maximum Gasteiger partial charge on any atom is 0.336 e. The molecule has 4 rings (SSSR count). The topological polar surface area (TPSA) is 74.6 Å². The van der Waals surface area contributed by atoms with Gasteiger partial charge in [0.25, 0.3) is 0 Å². The molecule has 0 atom stereocenters. The number of rotatable bonds is 8. The van der Waals surface area contributed by atoms with Crippen LogP contribution in [0.1, 0.15) is 31.8 Å². The molecule has 0 bridgehead atoms. The zero-order chi connectivity index (χ0) is 30.5. The van der Waals surface area contributed by atoms with E-state index in [1.54, 1.807) is 36.4 Å². The molecule has 216 valence electrons. The van der Waals surface area contributed by atoms with Gasteiger partial charge in [-0.25, -0.2) is 9.59 Å². The van der Waals surface area contributed by atoms with E-state index in [-0.39, 0.29) is 11.1 Å². The zero-order valence-electron chi connectivity index (χ0n) is 24.8. The Morgan fingerprint density at radius 2 is 0.805 bits per heavy atom. The van der Waals surface area contributed by atoms with Gasteiger partial charge in [-0.05, 0) is 24.3 Å². The summed E-state index contributed by atoms with van der Waals surface area (Å²) in [6.07, 6.45) is 0. The molecule has 0 saturated heterocycles. The lowest BCUT2D eigenvalue weighted by Crippen LogP contribution is -2.33. The molecule has 2 N–H and O–H groups in total. The van der Waals surface area contributed by atoms with Gasteiger partial charge in [-0.2, -0.15) is 0 Å². The molecule has 0 fully saturated rings. The van der Waals surface area contributed by atoms with E-state index in [9.17, 15) is 9.59 Å². The van der Waals surface area contributed by atoms with Crippen LogP contribution in [0.5, 0.6) is 0 Å². The number of carbonyl (C=O) groups is 2. The summed E-state index contributed by atoms with van der Waals surface area (Å²) in [4.78, 5) is 23.2. The van der Waals surface area contributed by atoms with Gasteiger partial charge in [-0.1, -0.05) is 96.7 Å². The number of hydrogen-bond donors (Lipinski definition) is 2. The number of aromatic carboxylic acids is 2. The molecule has 0 aliphatic rings. The Labute approximate surface area is 248 Å². The van der Waals surface area contributed by atoms with Crippen molar-refractivity contribution in [1.82, 2.24) is 0 Å². The average molecular weight is 575 g/mol. The lowest BCUT2D eigenvalue weighted by Gasteiger charge is -2.23. The highest BCUT2D eigenvalue weighted by molar-refractivity contribution is 7.99. The summed E-state index contributed by atoms with van der Waals surface area (Å²) in [6.45, 7) is 2.20. The monoisotopic (exact) mass is 574 g/mol.